The van der Waals surface area contributed by atoms with Crippen LogP contribution < -0.4 is 6.15 Å². The van der Waals surface area contributed by atoms with Gasteiger partial charge in [-0.15, -0.1) is 0 Å². The molecule has 1 atom stereocenters. The number of aliphatic hydroxyl groups excluding tert-OH is 1. The summed E-state index contributed by atoms with van der Waals surface area (Å²) in [6.07, 6.45) is -1.23. The molecule has 0 amide bonds. The van der Waals surface area contributed by atoms with Gasteiger partial charge in [0.05, 0.1) is 0 Å². The molecule has 0 aliphatic heterocycles. The normalized spacial score (nSPS) is 11.7. The first-order chi connectivity index (χ1) is 2.64. The van der Waals surface area contributed by atoms with Crippen LogP contribution in [0.3, 0.4) is 0 Å². The smallest absolute Gasteiger partial charge is 0.332 e. The Morgan fingerprint density at radius 3 is 1.86 bits per heavy atom. The van der Waals surface area contributed by atoms with E-state index in [0.29, 0.717) is 0 Å². The van der Waals surface area contributed by atoms with Crippen LogP contribution in [0.5, 0.6) is 0 Å². The lowest BCUT2D eigenvalue weighted by Crippen LogP contribution is -2.13. The minimum absolute atomic E-state index is 0. The third kappa shape index (κ3) is 5.39. The van der Waals surface area contributed by atoms with E-state index in [1.165, 1.54) is 6.92 Å². The van der Waals surface area contributed by atoms with E-state index in [1.54, 1.807) is 0 Å². The van der Waals surface area contributed by atoms with Crippen LogP contribution in [-0.4, -0.2) is 22.3 Å². The molecule has 0 aromatic carbocycles. The molecule has 0 saturated heterocycles. The maximum atomic E-state index is 9.45. The van der Waals surface area contributed by atoms with Crippen molar-refractivity contribution in [3.8, 4) is 0 Å². The van der Waals surface area contributed by atoms with Gasteiger partial charge in [-0.2, -0.15) is 0 Å². The molecule has 3 radical (unpaired) electrons. The predicted molar refractivity (Wildman–Crippen MR) is 21.5 cm³/mol. The second-order valence-electron chi connectivity index (χ2n) is 1.01. The molecule has 0 aliphatic rings. The molecule has 4 heteroatoms. The maximum absolute atomic E-state index is 9.45. The standard InChI is InChI=1S/C3H6O3.N/c1-2(4)3(5)6;/h2,4H,1H3,(H,5,6);. The number of rotatable bonds is 1. The number of hydrogen-bond donors (Lipinski definition) is 2. The summed E-state index contributed by atoms with van der Waals surface area (Å²) >= 11 is 0. The second kappa shape index (κ2) is 3.58. The summed E-state index contributed by atoms with van der Waals surface area (Å²) in [5.74, 6) is -1.19. The van der Waals surface area contributed by atoms with Gasteiger partial charge in [-0.3, -0.25) is 0 Å². The van der Waals surface area contributed by atoms with Crippen LogP contribution in [0, 0.1) is 0 Å². The Morgan fingerprint density at radius 2 is 1.86 bits per heavy atom. The Hall–Kier alpha value is -0.610. The monoisotopic (exact) mass is 104 g/mol. The highest BCUT2D eigenvalue weighted by Crippen LogP contribution is 1.73. The molecule has 0 aromatic heterocycles. The van der Waals surface area contributed by atoms with Crippen LogP contribution in [0.15, 0.2) is 0 Å². The molecule has 1 unspecified atom stereocenters. The van der Waals surface area contributed by atoms with Gasteiger partial charge in [0, 0.05) is 6.15 Å². The Morgan fingerprint density at radius 1 is 1.71 bits per heavy atom. The molecular formula is C3H6NO3. The molecule has 41 valence electrons. The zero-order chi connectivity index (χ0) is 5.15. The molecule has 0 spiro atoms. The SMILES string of the molecule is CC(O)C(=O)O.[N]. The van der Waals surface area contributed by atoms with Crippen molar-refractivity contribution in [3.63, 3.8) is 0 Å². The Labute approximate surface area is 41.4 Å². The highest BCUT2D eigenvalue weighted by molar-refractivity contribution is 5.71. The highest BCUT2D eigenvalue weighted by atomic mass is 16.4. The number of nitrogens with zero attached hydrogens (tertiary/aromatic N) is 1. The van der Waals surface area contributed by atoms with E-state index in [2.05, 4.69) is 0 Å². The van der Waals surface area contributed by atoms with Crippen molar-refractivity contribution in [2.75, 3.05) is 0 Å². The van der Waals surface area contributed by atoms with Gasteiger partial charge in [0.2, 0.25) is 0 Å². The quantitative estimate of drug-likeness (QED) is 0.445. The molecule has 0 aromatic rings. The zero-order valence-corrected chi connectivity index (χ0v) is 3.83. The second-order valence-corrected chi connectivity index (χ2v) is 1.01. The van der Waals surface area contributed by atoms with Crippen molar-refractivity contribution in [1.82, 2.24) is 6.15 Å². The molecule has 4 nitrogen and oxygen atoms in total. The molecule has 0 heterocycles. The average Bonchev–Trinajstić information content (AvgIpc) is 1.36. The number of aliphatic hydroxyl groups is 1. The first kappa shape index (κ1) is 9.63. The summed E-state index contributed by atoms with van der Waals surface area (Å²) in [6, 6.07) is 0. The van der Waals surface area contributed by atoms with Gasteiger partial charge >= 0.3 is 5.97 Å². The lowest BCUT2D eigenvalue weighted by molar-refractivity contribution is -0.145. The summed E-state index contributed by atoms with van der Waals surface area (Å²) in [5.41, 5.74) is 0. The number of carboxylic acids is 1. The van der Waals surface area contributed by atoms with Crippen LogP contribution >= 0.6 is 0 Å². The molecule has 0 saturated carbocycles. The fourth-order valence-electron chi connectivity index (χ4n) is 0. The van der Waals surface area contributed by atoms with E-state index in [4.69, 9.17) is 10.2 Å². The van der Waals surface area contributed by atoms with E-state index >= 15 is 0 Å². The van der Waals surface area contributed by atoms with Gasteiger partial charge in [-0.1, -0.05) is 0 Å². The third-order valence-electron chi connectivity index (χ3n) is 0.357. The van der Waals surface area contributed by atoms with Crippen LogP contribution in [-0.2, 0) is 4.79 Å². The van der Waals surface area contributed by atoms with Crippen molar-refractivity contribution in [2.24, 2.45) is 0 Å². The van der Waals surface area contributed by atoms with Crippen LogP contribution in [0.25, 0.3) is 0 Å². The Balaban J connectivity index is 0. The minimum atomic E-state index is -1.23. The summed E-state index contributed by atoms with van der Waals surface area (Å²) < 4.78 is 0. The summed E-state index contributed by atoms with van der Waals surface area (Å²) in [5, 5.41) is 15.8. The van der Waals surface area contributed by atoms with Gasteiger partial charge in [0.15, 0.2) is 0 Å². The van der Waals surface area contributed by atoms with Crippen LogP contribution in [0.1, 0.15) is 6.92 Å². The summed E-state index contributed by atoms with van der Waals surface area (Å²) in [7, 11) is 0. The first-order valence-electron chi connectivity index (χ1n) is 1.55. The molecule has 0 rings (SSSR count). The molecule has 7 heavy (non-hydrogen) atoms. The number of hydrogen-bond acceptors (Lipinski definition) is 2. The lowest BCUT2D eigenvalue weighted by atomic mass is 10.4. The van der Waals surface area contributed by atoms with Gasteiger partial charge in [-0.25, -0.2) is 4.79 Å². The molecule has 0 fully saturated rings. The largest absolute Gasteiger partial charge is 0.479 e. The van der Waals surface area contributed by atoms with Crippen molar-refractivity contribution in [1.29, 1.82) is 0 Å². The number of aliphatic carboxylic acids is 1. The lowest BCUT2D eigenvalue weighted by Gasteiger charge is -1.89. The molecule has 0 aliphatic carbocycles. The van der Waals surface area contributed by atoms with Gasteiger partial charge in [0.1, 0.15) is 6.10 Å². The third-order valence-corrected chi connectivity index (χ3v) is 0.357. The van der Waals surface area contributed by atoms with Crippen LogP contribution in [0.2, 0.25) is 0 Å². The maximum Gasteiger partial charge on any atom is 0.332 e. The summed E-state index contributed by atoms with van der Waals surface area (Å²) in [6.45, 7) is 1.20. The van der Waals surface area contributed by atoms with Crippen LogP contribution in [0.4, 0.5) is 0 Å². The van der Waals surface area contributed by atoms with Gasteiger partial charge in [-0.05, 0) is 6.92 Å². The number of carbonyl (C=O) groups is 1. The van der Waals surface area contributed by atoms with Crippen molar-refractivity contribution >= 4 is 5.97 Å². The fourth-order valence-corrected chi connectivity index (χ4v) is 0. The van der Waals surface area contributed by atoms with Crippen molar-refractivity contribution in [3.05, 3.63) is 0 Å². The van der Waals surface area contributed by atoms with E-state index < -0.39 is 12.1 Å². The highest BCUT2D eigenvalue weighted by Gasteiger charge is 2.01. The van der Waals surface area contributed by atoms with Crippen molar-refractivity contribution < 1.29 is 15.0 Å². The Kier molecular flexibility index (Phi) is 4.92. The van der Waals surface area contributed by atoms with E-state index in [9.17, 15) is 4.79 Å². The van der Waals surface area contributed by atoms with Gasteiger partial charge in [0.25, 0.3) is 0 Å². The summed E-state index contributed by atoms with van der Waals surface area (Å²) in [4.78, 5) is 9.45. The van der Waals surface area contributed by atoms with E-state index in [1.807, 2.05) is 0 Å². The number of carboxylic acid groups (broad SMARTS) is 1. The molecular weight excluding hydrogens is 98.0 g/mol. The average molecular weight is 104 g/mol. The fraction of sp³-hybridized carbons (Fsp3) is 0.667. The predicted octanol–water partition coefficient (Wildman–Crippen LogP) is -1.03. The Bertz CT molecular complexity index is 61.2. The van der Waals surface area contributed by atoms with E-state index in [-0.39, 0.29) is 6.15 Å². The van der Waals surface area contributed by atoms with Crippen molar-refractivity contribution in [2.45, 2.75) is 13.0 Å². The molecule has 0 bridgehead atoms. The van der Waals surface area contributed by atoms with Gasteiger partial charge < -0.3 is 10.2 Å². The first-order valence-corrected chi connectivity index (χ1v) is 1.55. The minimum Gasteiger partial charge on any atom is -0.479 e. The van der Waals surface area contributed by atoms with E-state index in [0.717, 1.165) is 0 Å². The molecule has 2 N–H and O–H groups in total. The topological polar surface area (TPSA) is 88.0 Å². The zero-order valence-electron chi connectivity index (χ0n) is 3.83.